The monoisotopic (exact) mass is 346 g/mol. The number of rotatable bonds is 4. The second kappa shape index (κ2) is 8.04. The molecule has 1 saturated carbocycles. The Morgan fingerprint density at radius 3 is 2.43 bits per heavy atom. The molecule has 23 heavy (non-hydrogen) atoms. The van der Waals surface area contributed by atoms with Crippen LogP contribution in [0.15, 0.2) is 23.4 Å². The van der Waals surface area contributed by atoms with Gasteiger partial charge in [-0.1, -0.05) is 37.4 Å². The van der Waals surface area contributed by atoms with E-state index in [4.69, 9.17) is 0 Å². The van der Waals surface area contributed by atoms with E-state index < -0.39 is 11.7 Å². The highest BCUT2D eigenvalue weighted by atomic mass is 32.2. The zero-order valence-corrected chi connectivity index (χ0v) is 13.9. The fourth-order valence-electron chi connectivity index (χ4n) is 2.72. The zero-order chi connectivity index (χ0) is 16.9. The lowest BCUT2D eigenvalue weighted by molar-refractivity contribution is -0.138. The first-order chi connectivity index (χ1) is 10.9. The molecule has 7 heteroatoms. The molecule has 0 bridgehead atoms. The number of carbonyl (C=O) groups excluding carboxylic acids is 1. The van der Waals surface area contributed by atoms with Crippen molar-refractivity contribution in [2.45, 2.75) is 55.8 Å². The average molecular weight is 346 g/mol. The molecule has 128 valence electrons. The Bertz CT molecular complexity index is 511. The summed E-state index contributed by atoms with van der Waals surface area (Å²) in [6, 6.07) is 2.59. The van der Waals surface area contributed by atoms with Crippen molar-refractivity contribution >= 4 is 17.7 Å². The fraction of sp³-hybridized carbons (Fsp3) is 0.625. The quantitative estimate of drug-likeness (QED) is 0.599. The van der Waals surface area contributed by atoms with Gasteiger partial charge in [0.25, 0.3) is 0 Å². The molecule has 1 fully saturated rings. The van der Waals surface area contributed by atoms with E-state index in [9.17, 15) is 18.0 Å². The summed E-state index contributed by atoms with van der Waals surface area (Å²) >= 11 is 1.18. The third-order valence-corrected chi connectivity index (χ3v) is 5.10. The first-order valence-electron chi connectivity index (χ1n) is 7.79. The Hall–Kier alpha value is -1.24. The number of carbonyl (C=O) groups is 1. The highest BCUT2D eigenvalue weighted by Gasteiger charge is 2.30. The molecule has 0 saturated heterocycles. The lowest BCUT2D eigenvalue weighted by atomic mass is 10.1. The zero-order valence-electron chi connectivity index (χ0n) is 13.1. The van der Waals surface area contributed by atoms with Crippen molar-refractivity contribution in [3.05, 3.63) is 23.9 Å². The van der Waals surface area contributed by atoms with Gasteiger partial charge in [-0.05, 0) is 25.0 Å². The van der Waals surface area contributed by atoms with Crippen molar-refractivity contribution < 1.29 is 18.0 Å². The molecule has 1 aromatic heterocycles. The van der Waals surface area contributed by atoms with Gasteiger partial charge < -0.3 is 4.90 Å². The molecule has 0 aromatic carbocycles. The van der Waals surface area contributed by atoms with Gasteiger partial charge in [-0.25, -0.2) is 4.98 Å². The molecular formula is C16H21F3N2OS. The summed E-state index contributed by atoms with van der Waals surface area (Å²) in [5, 5.41) is 0.431. The molecule has 0 N–H and O–H groups in total. The fourth-order valence-corrected chi connectivity index (χ4v) is 3.49. The number of thioether (sulfide) groups is 1. The molecule has 0 unspecified atom stereocenters. The standard InChI is InChI=1S/C16H21F3N2OS/c1-21(13-6-4-2-3-5-7-13)15(22)11-23-14-9-8-12(10-20-14)16(17,18)19/h8-10,13H,2-7,11H2,1H3. The van der Waals surface area contributed by atoms with Crippen LogP contribution in [0.25, 0.3) is 0 Å². The predicted octanol–water partition coefficient (Wildman–Crippen LogP) is 4.37. The van der Waals surface area contributed by atoms with Gasteiger partial charge in [-0.3, -0.25) is 4.79 Å². The summed E-state index contributed by atoms with van der Waals surface area (Å²) in [6.45, 7) is 0. The van der Waals surface area contributed by atoms with Crippen molar-refractivity contribution in [2.24, 2.45) is 0 Å². The van der Waals surface area contributed by atoms with Gasteiger partial charge in [0.05, 0.1) is 16.3 Å². The lowest BCUT2D eigenvalue weighted by Crippen LogP contribution is -2.37. The number of pyridine rings is 1. The second-order valence-corrected chi connectivity index (χ2v) is 6.82. The summed E-state index contributed by atoms with van der Waals surface area (Å²) in [5.41, 5.74) is -0.774. The topological polar surface area (TPSA) is 33.2 Å². The number of hydrogen-bond acceptors (Lipinski definition) is 3. The van der Waals surface area contributed by atoms with E-state index in [0.717, 1.165) is 37.9 Å². The van der Waals surface area contributed by atoms with Crippen LogP contribution < -0.4 is 0 Å². The van der Waals surface area contributed by atoms with E-state index in [1.54, 1.807) is 4.90 Å². The Balaban J connectivity index is 1.85. The molecule has 1 aromatic rings. The smallest absolute Gasteiger partial charge is 0.342 e. The molecular weight excluding hydrogens is 325 g/mol. The van der Waals surface area contributed by atoms with Crippen LogP contribution in [-0.2, 0) is 11.0 Å². The highest BCUT2D eigenvalue weighted by molar-refractivity contribution is 7.99. The maximum absolute atomic E-state index is 12.5. The summed E-state index contributed by atoms with van der Waals surface area (Å²) < 4.78 is 37.4. The second-order valence-electron chi connectivity index (χ2n) is 5.82. The van der Waals surface area contributed by atoms with Crippen LogP contribution in [0, 0.1) is 0 Å². The molecule has 1 heterocycles. The molecule has 1 amide bonds. The molecule has 1 aliphatic carbocycles. The van der Waals surface area contributed by atoms with Gasteiger partial charge in [0, 0.05) is 19.3 Å². The maximum atomic E-state index is 12.5. The van der Waals surface area contributed by atoms with Crippen LogP contribution in [0.2, 0.25) is 0 Å². The van der Waals surface area contributed by atoms with Crippen LogP contribution in [-0.4, -0.2) is 34.6 Å². The van der Waals surface area contributed by atoms with Crippen LogP contribution in [0.4, 0.5) is 13.2 Å². The normalized spacial score (nSPS) is 16.9. The number of amides is 1. The largest absolute Gasteiger partial charge is 0.417 e. The highest BCUT2D eigenvalue weighted by Crippen LogP contribution is 2.29. The van der Waals surface area contributed by atoms with E-state index >= 15 is 0 Å². The van der Waals surface area contributed by atoms with Gasteiger partial charge in [0.1, 0.15) is 0 Å². The minimum absolute atomic E-state index is 0.00333. The Kier molecular flexibility index (Phi) is 6.33. The minimum atomic E-state index is -4.38. The van der Waals surface area contributed by atoms with Crippen LogP contribution >= 0.6 is 11.8 Å². The first-order valence-corrected chi connectivity index (χ1v) is 8.78. The lowest BCUT2D eigenvalue weighted by Gasteiger charge is -2.27. The molecule has 2 rings (SSSR count). The third-order valence-electron chi connectivity index (χ3n) is 4.17. The molecule has 0 atom stereocenters. The van der Waals surface area contributed by atoms with Gasteiger partial charge in [0.15, 0.2) is 0 Å². The molecule has 1 aliphatic rings. The number of alkyl halides is 3. The van der Waals surface area contributed by atoms with Gasteiger partial charge >= 0.3 is 6.18 Å². The van der Waals surface area contributed by atoms with Crippen molar-refractivity contribution in [2.75, 3.05) is 12.8 Å². The summed E-state index contributed by atoms with van der Waals surface area (Å²) in [6.07, 6.45) is 3.24. The minimum Gasteiger partial charge on any atom is -0.342 e. The van der Waals surface area contributed by atoms with Crippen molar-refractivity contribution in [1.29, 1.82) is 0 Å². The van der Waals surface area contributed by atoms with Crippen molar-refractivity contribution in [3.8, 4) is 0 Å². The van der Waals surface area contributed by atoms with E-state index in [1.165, 1.54) is 30.7 Å². The maximum Gasteiger partial charge on any atom is 0.417 e. The van der Waals surface area contributed by atoms with Crippen LogP contribution in [0.3, 0.4) is 0 Å². The number of hydrogen-bond donors (Lipinski definition) is 0. The SMILES string of the molecule is CN(C(=O)CSc1ccc(C(F)(F)F)cn1)C1CCCCCC1. The van der Waals surface area contributed by atoms with Gasteiger partial charge in [0.2, 0.25) is 5.91 Å². The number of nitrogens with zero attached hydrogens (tertiary/aromatic N) is 2. The molecule has 0 spiro atoms. The molecule has 3 nitrogen and oxygen atoms in total. The number of aromatic nitrogens is 1. The number of halogens is 3. The summed E-state index contributed by atoms with van der Waals surface area (Å²) in [4.78, 5) is 17.8. The third kappa shape index (κ3) is 5.41. The van der Waals surface area contributed by atoms with Crippen molar-refractivity contribution in [3.63, 3.8) is 0 Å². The predicted molar refractivity (Wildman–Crippen MR) is 84.2 cm³/mol. The van der Waals surface area contributed by atoms with Crippen LogP contribution in [0.1, 0.15) is 44.1 Å². The van der Waals surface area contributed by atoms with Crippen LogP contribution in [0.5, 0.6) is 0 Å². The molecule has 0 radical (unpaired) electrons. The van der Waals surface area contributed by atoms with E-state index in [2.05, 4.69) is 4.98 Å². The van der Waals surface area contributed by atoms with Gasteiger partial charge in [-0.15, -0.1) is 0 Å². The Labute approximate surface area is 138 Å². The Morgan fingerprint density at radius 2 is 1.91 bits per heavy atom. The first kappa shape index (κ1) is 18.1. The summed E-state index contributed by atoms with van der Waals surface area (Å²) in [7, 11) is 1.82. The summed E-state index contributed by atoms with van der Waals surface area (Å²) in [5.74, 6) is 0.203. The van der Waals surface area contributed by atoms with Gasteiger partial charge in [-0.2, -0.15) is 13.2 Å². The Morgan fingerprint density at radius 1 is 1.26 bits per heavy atom. The molecule has 0 aliphatic heterocycles. The average Bonchev–Trinajstić information content (AvgIpc) is 2.80. The van der Waals surface area contributed by atoms with Crippen molar-refractivity contribution in [1.82, 2.24) is 9.88 Å². The van der Waals surface area contributed by atoms with E-state index in [-0.39, 0.29) is 17.7 Å². The van der Waals surface area contributed by atoms with E-state index in [1.807, 2.05) is 7.05 Å². The van der Waals surface area contributed by atoms with E-state index in [0.29, 0.717) is 5.03 Å².